The van der Waals surface area contributed by atoms with Gasteiger partial charge in [-0.2, -0.15) is 0 Å². The molecule has 24 heavy (non-hydrogen) atoms. The molecular formula is C18H33ClN2O3. The number of ether oxygens (including phenoxy) is 2. The van der Waals surface area contributed by atoms with Crippen LogP contribution >= 0.6 is 12.4 Å². The van der Waals surface area contributed by atoms with Gasteiger partial charge in [0.25, 0.3) is 0 Å². The van der Waals surface area contributed by atoms with E-state index in [9.17, 15) is 4.79 Å². The molecule has 3 fully saturated rings. The fourth-order valence-electron chi connectivity index (χ4n) is 3.97. The number of carbonyl (C=O) groups is 1. The van der Waals surface area contributed by atoms with Crippen LogP contribution in [0, 0.1) is 5.92 Å². The van der Waals surface area contributed by atoms with E-state index < -0.39 is 0 Å². The third-order valence-electron chi connectivity index (χ3n) is 5.56. The molecule has 3 rings (SSSR count). The van der Waals surface area contributed by atoms with Gasteiger partial charge >= 0.3 is 0 Å². The smallest absolute Gasteiger partial charge is 0.224 e. The number of nitrogens with one attached hydrogen (secondary N) is 1. The molecule has 5 nitrogen and oxygen atoms in total. The molecule has 0 aromatic heterocycles. The van der Waals surface area contributed by atoms with Crippen LogP contribution in [0.2, 0.25) is 0 Å². The van der Waals surface area contributed by atoms with Crippen molar-refractivity contribution in [3.63, 3.8) is 0 Å². The van der Waals surface area contributed by atoms with E-state index in [2.05, 4.69) is 12.2 Å². The summed E-state index contributed by atoms with van der Waals surface area (Å²) in [7, 11) is 0. The molecule has 0 radical (unpaired) electrons. The molecule has 0 aromatic carbocycles. The molecule has 0 aromatic rings. The lowest BCUT2D eigenvalue weighted by molar-refractivity contribution is -0.136. The molecule has 3 aliphatic rings. The topological polar surface area (TPSA) is 50.8 Å². The maximum Gasteiger partial charge on any atom is 0.224 e. The average Bonchev–Trinajstić information content (AvgIpc) is 2.58. The van der Waals surface area contributed by atoms with E-state index in [-0.39, 0.29) is 24.4 Å². The van der Waals surface area contributed by atoms with E-state index in [0.717, 1.165) is 45.0 Å². The Morgan fingerprint density at radius 3 is 2.42 bits per heavy atom. The van der Waals surface area contributed by atoms with Gasteiger partial charge < -0.3 is 19.7 Å². The van der Waals surface area contributed by atoms with Gasteiger partial charge in [-0.1, -0.05) is 6.92 Å². The number of halogens is 1. The largest absolute Gasteiger partial charge is 0.378 e. The summed E-state index contributed by atoms with van der Waals surface area (Å²) in [5, 5.41) is 3.36. The molecule has 0 bridgehead atoms. The van der Waals surface area contributed by atoms with Crippen molar-refractivity contribution in [3.8, 4) is 0 Å². The van der Waals surface area contributed by atoms with E-state index in [0.29, 0.717) is 25.2 Å². The second kappa shape index (κ2) is 9.95. The number of piperidine rings is 1. The van der Waals surface area contributed by atoms with Crippen LogP contribution in [0.25, 0.3) is 0 Å². The molecule has 2 saturated heterocycles. The summed E-state index contributed by atoms with van der Waals surface area (Å²) in [6.45, 7) is 6.31. The minimum absolute atomic E-state index is 0. The Balaban J connectivity index is 0.00000208. The molecule has 2 heterocycles. The Morgan fingerprint density at radius 2 is 1.79 bits per heavy atom. The second-order valence-electron chi connectivity index (χ2n) is 7.53. The van der Waals surface area contributed by atoms with Crippen molar-refractivity contribution in [2.75, 3.05) is 32.8 Å². The molecule has 1 atom stereocenters. The first kappa shape index (κ1) is 20.0. The lowest BCUT2D eigenvalue weighted by atomic mass is 9.88. The zero-order valence-electron chi connectivity index (χ0n) is 14.9. The summed E-state index contributed by atoms with van der Waals surface area (Å²) in [4.78, 5) is 14.4. The summed E-state index contributed by atoms with van der Waals surface area (Å²) < 4.78 is 11.7. The molecular weight excluding hydrogens is 328 g/mol. The van der Waals surface area contributed by atoms with Crippen LogP contribution in [0.15, 0.2) is 0 Å². The van der Waals surface area contributed by atoms with Crippen LogP contribution in [0.4, 0.5) is 0 Å². The van der Waals surface area contributed by atoms with Crippen molar-refractivity contribution in [1.82, 2.24) is 10.2 Å². The zero-order valence-corrected chi connectivity index (χ0v) is 15.7. The number of carbonyl (C=O) groups excluding carboxylic acids is 1. The van der Waals surface area contributed by atoms with E-state index in [1.165, 1.54) is 25.7 Å². The number of hydrogen-bond acceptors (Lipinski definition) is 4. The standard InChI is InChI=1S/C18H32N2O3.ClH/c1-14-2-4-16(5-3-14)23-17-6-9-20(10-7-17)18(21)12-15-13-22-11-8-19-15;/h14-17,19H,2-13H2,1H3;1H. The van der Waals surface area contributed by atoms with Gasteiger partial charge in [0, 0.05) is 32.1 Å². The van der Waals surface area contributed by atoms with Crippen molar-refractivity contribution in [2.24, 2.45) is 5.92 Å². The van der Waals surface area contributed by atoms with Crippen molar-refractivity contribution < 1.29 is 14.3 Å². The van der Waals surface area contributed by atoms with Gasteiger partial charge in [-0.3, -0.25) is 4.79 Å². The Labute approximate surface area is 152 Å². The molecule has 0 spiro atoms. The van der Waals surface area contributed by atoms with Crippen molar-refractivity contribution in [1.29, 1.82) is 0 Å². The van der Waals surface area contributed by atoms with Crippen LogP contribution in [0.3, 0.4) is 0 Å². The molecule has 1 N–H and O–H groups in total. The quantitative estimate of drug-likeness (QED) is 0.836. The van der Waals surface area contributed by atoms with Gasteiger partial charge in [0.1, 0.15) is 0 Å². The highest BCUT2D eigenvalue weighted by atomic mass is 35.5. The number of morpholine rings is 1. The van der Waals surface area contributed by atoms with Crippen LogP contribution < -0.4 is 5.32 Å². The normalized spacial score (nSPS) is 32.2. The summed E-state index contributed by atoms with van der Waals surface area (Å²) in [5.41, 5.74) is 0. The zero-order chi connectivity index (χ0) is 16.1. The van der Waals surface area contributed by atoms with Gasteiger partial charge in [-0.15, -0.1) is 12.4 Å². The maximum absolute atomic E-state index is 12.4. The number of nitrogens with zero attached hydrogens (tertiary/aromatic N) is 1. The fraction of sp³-hybridized carbons (Fsp3) is 0.944. The van der Waals surface area contributed by atoms with Gasteiger partial charge in [0.2, 0.25) is 5.91 Å². The van der Waals surface area contributed by atoms with Crippen LogP contribution in [0.5, 0.6) is 0 Å². The van der Waals surface area contributed by atoms with Crippen molar-refractivity contribution in [3.05, 3.63) is 0 Å². The Bertz CT molecular complexity index is 374. The number of amides is 1. The second-order valence-corrected chi connectivity index (χ2v) is 7.53. The SMILES string of the molecule is CC1CCC(OC2CCN(C(=O)CC3COCCN3)CC2)CC1.Cl. The van der Waals surface area contributed by atoms with Crippen LogP contribution in [-0.2, 0) is 14.3 Å². The molecule has 1 amide bonds. The third kappa shape index (κ3) is 5.87. The third-order valence-corrected chi connectivity index (χ3v) is 5.56. The monoisotopic (exact) mass is 360 g/mol. The van der Waals surface area contributed by atoms with Gasteiger partial charge in [-0.25, -0.2) is 0 Å². The maximum atomic E-state index is 12.4. The molecule has 1 unspecified atom stereocenters. The number of hydrogen-bond donors (Lipinski definition) is 1. The Morgan fingerprint density at radius 1 is 1.12 bits per heavy atom. The van der Waals surface area contributed by atoms with Crippen molar-refractivity contribution in [2.45, 2.75) is 70.1 Å². The predicted octanol–water partition coefficient (Wildman–Crippen LogP) is 2.37. The van der Waals surface area contributed by atoms with E-state index in [1.54, 1.807) is 0 Å². The lowest BCUT2D eigenvalue weighted by Gasteiger charge is -2.36. The first-order chi connectivity index (χ1) is 11.2. The highest BCUT2D eigenvalue weighted by molar-refractivity contribution is 5.85. The minimum atomic E-state index is 0. The minimum Gasteiger partial charge on any atom is -0.378 e. The first-order valence-electron chi connectivity index (χ1n) is 9.45. The van der Waals surface area contributed by atoms with Gasteiger partial charge in [0.05, 0.1) is 25.4 Å². The highest BCUT2D eigenvalue weighted by Crippen LogP contribution is 2.28. The van der Waals surface area contributed by atoms with Crippen molar-refractivity contribution >= 4 is 18.3 Å². The highest BCUT2D eigenvalue weighted by Gasteiger charge is 2.28. The Kier molecular flexibility index (Phi) is 8.28. The van der Waals surface area contributed by atoms with Crippen LogP contribution in [-0.4, -0.2) is 61.9 Å². The van der Waals surface area contributed by atoms with Gasteiger partial charge in [-0.05, 0) is 44.4 Å². The van der Waals surface area contributed by atoms with E-state index in [1.807, 2.05) is 4.90 Å². The molecule has 140 valence electrons. The summed E-state index contributed by atoms with van der Waals surface area (Å²) in [6.07, 6.45) is 8.40. The number of likely N-dealkylation sites (tertiary alicyclic amines) is 1. The summed E-state index contributed by atoms with van der Waals surface area (Å²) in [6, 6.07) is 0.189. The molecule has 1 aliphatic carbocycles. The summed E-state index contributed by atoms with van der Waals surface area (Å²) in [5.74, 6) is 1.13. The first-order valence-corrected chi connectivity index (χ1v) is 9.45. The lowest BCUT2D eigenvalue weighted by Crippen LogP contribution is -2.47. The summed E-state index contributed by atoms with van der Waals surface area (Å²) >= 11 is 0. The fourth-order valence-corrected chi connectivity index (χ4v) is 3.97. The van der Waals surface area contributed by atoms with E-state index in [4.69, 9.17) is 9.47 Å². The Hall–Kier alpha value is -0.360. The number of rotatable bonds is 4. The van der Waals surface area contributed by atoms with Gasteiger partial charge in [0.15, 0.2) is 0 Å². The predicted molar refractivity (Wildman–Crippen MR) is 96.6 cm³/mol. The molecule has 1 saturated carbocycles. The average molecular weight is 361 g/mol. The molecule has 6 heteroatoms. The van der Waals surface area contributed by atoms with Crippen LogP contribution in [0.1, 0.15) is 51.9 Å². The van der Waals surface area contributed by atoms with E-state index >= 15 is 0 Å². The molecule has 2 aliphatic heterocycles.